The summed E-state index contributed by atoms with van der Waals surface area (Å²) in [7, 11) is 0. The molecule has 3 heteroatoms. The molecule has 0 aliphatic carbocycles. The third-order valence-electron chi connectivity index (χ3n) is 3.73. The Balaban J connectivity index is 2.79. The first-order valence-electron chi connectivity index (χ1n) is 6.57. The van der Waals surface area contributed by atoms with Crippen LogP contribution in [0, 0.1) is 5.41 Å². The zero-order valence-corrected chi connectivity index (χ0v) is 11.6. The second-order valence-corrected chi connectivity index (χ2v) is 4.78. The molecule has 0 radical (unpaired) electrons. The molecule has 0 aliphatic rings. The fraction of sp³-hybridized carbons (Fsp3) is 0.438. The van der Waals surface area contributed by atoms with E-state index in [4.69, 9.17) is 4.74 Å². The van der Waals surface area contributed by atoms with Crippen LogP contribution in [0.2, 0.25) is 0 Å². The highest BCUT2D eigenvalue weighted by Gasteiger charge is 2.35. The summed E-state index contributed by atoms with van der Waals surface area (Å²) in [4.78, 5) is 12.0. The molecule has 0 heterocycles. The summed E-state index contributed by atoms with van der Waals surface area (Å²) < 4.78 is 5.49. The van der Waals surface area contributed by atoms with Gasteiger partial charge in [-0.05, 0) is 31.9 Å². The van der Waals surface area contributed by atoms with E-state index in [0.717, 1.165) is 6.42 Å². The van der Waals surface area contributed by atoms with E-state index in [1.54, 1.807) is 30.3 Å². The minimum Gasteiger partial charge on any atom is -0.458 e. The van der Waals surface area contributed by atoms with Crippen LogP contribution in [0.4, 0.5) is 0 Å². The van der Waals surface area contributed by atoms with E-state index in [0.29, 0.717) is 12.0 Å². The second-order valence-electron chi connectivity index (χ2n) is 4.78. The van der Waals surface area contributed by atoms with Crippen LogP contribution in [0.25, 0.3) is 0 Å². The van der Waals surface area contributed by atoms with Gasteiger partial charge in [0.25, 0.3) is 0 Å². The maximum atomic E-state index is 12.0. The van der Waals surface area contributed by atoms with Gasteiger partial charge in [0.2, 0.25) is 0 Å². The molecule has 0 saturated carbocycles. The lowest BCUT2D eigenvalue weighted by Gasteiger charge is -2.35. The summed E-state index contributed by atoms with van der Waals surface area (Å²) in [5, 5.41) is 9.62. The van der Waals surface area contributed by atoms with Crippen molar-refractivity contribution >= 4 is 5.97 Å². The highest BCUT2D eigenvalue weighted by Crippen LogP contribution is 2.33. The number of esters is 1. The van der Waals surface area contributed by atoms with Crippen molar-refractivity contribution in [3.63, 3.8) is 0 Å². The van der Waals surface area contributed by atoms with Crippen LogP contribution >= 0.6 is 0 Å². The molecule has 19 heavy (non-hydrogen) atoms. The third kappa shape index (κ3) is 3.67. The number of hydrogen-bond acceptors (Lipinski definition) is 3. The standard InChI is InChI=1S/C16H22O3/c1-4-11-16(5-2,12-17)13(3)19-15(18)14-9-7-6-8-10-14/h4,6-10,13,17H,1,5,11-12H2,2-3H3/t13-,16+/m0/s1. The lowest BCUT2D eigenvalue weighted by atomic mass is 9.78. The molecule has 104 valence electrons. The number of carbonyl (C=O) groups is 1. The molecular weight excluding hydrogens is 240 g/mol. The Morgan fingerprint density at radius 3 is 2.58 bits per heavy atom. The summed E-state index contributed by atoms with van der Waals surface area (Å²) in [5.41, 5.74) is 0.0718. The van der Waals surface area contributed by atoms with Crippen LogP contribution in [0.3, 0.4) is 0 Å². The van der Waals surface area contributed by atoms with E-state index in [2.05, 4.69) is 6.58 Å². The zero-order chi connectivity index (χ0) is 14.3. The van der Waals surface area contributed by atoms with Gasteiger partial charge in [0.05, 0.1) is 12.2 Å². The molecule has 0 bridgehead atoms. The molecule has 1 aromatic rings. The molecule has 2 atom stereocenters. The molecular formula is C16H22O3. The van der Waals surface area contributed by atoms with E-state index < -0.39 is 5.41 Å². The molecule has 1 rings (SSSR count). The van der Waals surface area contributed by atoms with E-state index in [9.17, 15) is 9.90 Å². The van der Waals surface area contributed by atoms with Crippen LogP contribution in [0.5, 0.6) is 0 Å². The second kappa shape index (κ2) is 7.10. The number of carbonyl (C=O) groups excluding carboxylic acids is 1. The Morgan fingerprint density at radius 2 is 2.11 bits per heavy atom. The number of hydrogen-bond donors (Lipinski definition) is 1. The van der Waals surface area contributed by atoms with E-state index in [1.165, 1.54) is 0 Å². The first-order chi connectivity index (χ1) is 9.09. The predicted octanol–water partition coefficient (Wildman–Crippen LogP) is 3.20. The van der Waals surface area contributed by atoms with Crippen molar-refractivity contribution in [1.29, 1.82) is 0 Å². The van der Waals surface area contributed by atoms with Gasteiger partial charge in [0, 0.05) is 5.41 Å². The van der Waals surface area contributed by atoms with Crippen molar-refractivity contribution in [2.75, 3.05) is 6.61 Å². The Hall–Kier alpha value is -1.61. The summed E-state index contributed by atoms with van der Waals surface area (Å²) >= 11 is 0. The molecule has 3 nitrogen and oxygen atoms in total. The van der Waals surface area contributed by atoms with Crippen molar-refractivity contribution < 1.29 is 14.6 Å². The smallest absolute Gasteiger partial charge is 0.338 e. The van der Waals surface area contributed by atoms with Crippen LogP contribution in [-0.2, 0) is 4.74 Å². The number of benzene rings is 1. The van der Waals surface area contributed by atoms with Crippen molar-refractivity contribution in [3.05, 3.63) is 48.6 Å². The van der Waals surface area contributed by atoms with Gasteiger partial charge in [0.1, 0.15) is 6.10 Å². The van der Waals surface area contributed by atoms with Crippen molar-refractivity contribution in [3.8, 4) is 0 Å². The molecule has 0 aromatic heterocycles. The normalized spacial score (nSPS) is 15.3. The summed E-state index contributed by atoms with van der Waals surface area (Å²) in [6.07, 6.45) is 2.72. The predicted molar refractivity (Wildman–Crippen MR) is 75.9 cm³/mol. The van der Waals surface area contributed by atoms with Crippen LogP contribution < -0.4 is 0 Å². The van der Waals surface area contributed by atoms with Gasteiger partial charge in [0.15, 0.2) is 0 Å². The largest absolute Gasteiger partial charge is 0.458 e. The molecule has 1 N–H and O–H groups in total. The number of rotatable bonds is 7. The van der Waals surface area contributed by atoms with Crippen LogP contribution in [-0.4, -0.2) is 23.8 Å². The van der Waals surface area contributed by atoms with Crippen LogP contribution in [0.1, 0.15) is 37.0 Å². The molecule has 0 amide bonds. The van der Waals surface area contributed by atoms with Gasteiger partial charge in [-0.3, -0.25) is 0 Å². The topological polar surface area (TPSA) is 46.5 Å². The quantitative estimate of drug-likeness (QED) is 0.606. The lowest BCUT2D eigenvalue weighted by molar-refractivity contribution is -0.0348. The molecule has 0 saturated heterocycles. The van der Waals surface area contributed by atoms with Crippen molar-refractivity contribution in [2.24, 2.45) is 5.41 Å². The molecule has 0 spiro atoms. The maximum Gasteiger partial charge on any atom is 0.338 e. The van der Waals surface area contributed by atoms with E-state index in [-0.39, 0.29) is 18.7 Å². The third-order valence-corrected chi connectivity index (χ3v) is 3.73. The zero-order valence-electron chi connectivity index (χ0n) is 11.6. The highest BCUT2D eigenvalue weighted by molar-refractivity contribution is 5.89. The van der Waals surface area contributed by atoms with Crippen molar-refractivity contribution in [1.82, 2.24) is 0 Å². The molecule has 0 unspecified atom stereocenters. The van der Waals surface area contributed by atoms with Crippen molar-refractivity contribution in [2.45, 2.75) is 32.8 Å². The fourth-order valence-electron chi connectivity index (χ4n) is 2.12. The SMILES string of the molecule is C=CC[C@](CC)(CO)[C@H](C)OC(=O)c1ccccc1. The van der Waals surface area contributed by atoms with Gasteiger partial charge >= 0.3 is 5.97 Å². The van der Waals surface area contributed by atoms with Crippen LogP contribution in [0.15, 0.2) is 43.0 Å². The number of allylic oxidation sites excluding steroid dienone is 1. The number of ether oxygens (including phenoxy) is 1. The minimum atomic E-state index is -0.452. The van der Waals surface area contributed by atoms with E-state index >= 15 is 0 Å². The first-order valence-corrected chi connectivity index (χ1v) is 6.57. The van der Waals surface area contributed by atoms with Gasteiger partial charge in [-0.2, -0.15) is 0 Å². The Kier molecular flexibility index (Phi) is 5.77. The average Bonchev–Trinajstić information content (AvgIpc) is 2.45. The van der Waals surface area contributed by atoms with Gasteiger partial charge in [-0.1, -0.05) is 31.2 Å². The highest BCUT2D eigenvalue weighted by atomic mass is 16.5. The Labute approximate surface area is 114 Å². The fourth-order valence-corrected chi connectivity index (χ4v) is 2.12. The van der Waals surface area contributed by atoms with Gasteiger partial charge < -0.3 is 9.84 Å². The van der Waals surface area contributed by atoms with Gasteiger partial charge in [-0.15, -0.1) is 6.58 Å². The molecule has 0 fully saturated rings. The molecule has 1 aromatic carbocycles. The Bertz CT molecular complexity index is 407. The average molecular weight is 262 g/mol. The van der Waals surface area contributed by atoms with E-state index in [1.807, 2.05) is 19.9 Å². The first kappa shape index (κ1) is 15.4. The Morgan fingerprint density at radius 1 is 1.47 bits per heavy atom. The number of aliphatic hydroxyl groups is 1. The summed E-state index contributed by atoms with van der Waals surface area (Å²) in [6.45, 7) is 7.48. The number of aliphatic hydroxyl groups excluding tert-OH is 1. The lowest BCUT2D eigenvalue weighted by Crippen LogP contribution is -2.39. The summed E-state index contributed by atoms with van der Waals surface area (Å²) in [5.74, 6) is -0.358. The minimum absolute atomic E-state index is 0.0290. The molecule has 0 aliphatic heterocycles. The summed E-state index contributed by atoms with van der Waals surface area (Å²) in [6, 6.07) is 8.88. The van der Waals surface area contributed by atoms with Gasteiger partial charge in [-0.25, -0.2) is 4.79 Å². The maximum absolute atomic E-state index is 12.0. The monoisotopic (exact) mass is 262 g/mol.